The molecule has 0 saturated carbocycles. The predicted molar refractivity (Wildman–Crippen MR) is 107 cm³/mol. The first-order valence-electron chi connectivity index (χ1n) is 9.62. The molecule has 0 aliphatic carbocycles. The van der Waals surface area contributed by atoms with Gasteiger partial charge in [-0.15, -0.1) is 0 Å². The number of rotatable bonds is 3. The van der Waals surface area contributed by atoms with Crippen LogP contribution in [0.5, 0.6) is 0 Å². The highest BCUT2D eigenvalue weighted by Crippen LogP contribution is 2.36. The molecule has 1 atom stereocenters. The lowest BCUT2D eigenvalue weighted by Gasteiger charge is -2.21. The fourth-order valence-electron chi connectivity index (χ4n) is 4.04. The van der Waals surface area contributed by atoms with Crippen molar-refractivity contribution in [1.82, 2.24) is 9.78 Å². The third-order valence-corrected chi connectivity index (χ3v) is 5.44. The number of carbonyl (C=O) groups is 2. The number of benzene rings is 2. The summed E-state index contributed by atoms with van der Waals surface area (Å²) in [5.41, 5.74) is 7.19. The Hall–Kier alpha value is -3.62. The minimum atomic E-state index is -0.836. The van der Waals surface area contributed by atoms with Gasteiger partial charge >= 0.3 is 6.03 Å². The summed E-state index contributed by atoms with van der Waals surface area (Å²) in [6, 6.07) is 7.04. The zero-order valence-corrected chi connectivity index (χ0v) is 16.6. The highest BCUT2D eigenvalue weighted by molar-refractivity contribution is 5.99. The van der Waals surface area contributed by atoms with Crippen molar-refractivity contribution in [2.75, 3.05) is 11.9 Å². The first kappa shape index (κ1) is 20.6. The molecule has 0 bridgehead atoms. The van der Waals surface area contributed by atoms with Crippen LogP contribution in [0.2, 0.25) is 0 Å². The first-order valence-corrected chi connectivity index (χ1v) is 9.62. The van der Waals surface area contributed by atoms with E-state index in [4.69, 9.17) is 5.73 Å². The molecule has 2 N–H and O–H groups in total. The van der Waals surface area contributed by atoms with E-state index >= 15 is 0 Å². The molecule has 1 aliphatic heterocycles. The third-order valence-electron chi connectivity index (χ3n) is 5.44. The van der Waals surface area contributed by atoms with Crippen LogP contribution in [-0.4, -0.2) is 28.8 Å². The van der Waals surface area contributed by atoms with Crippen LogP contribution in [0.15, 0.2) is 42.6 Å². The Bertz CT molecular complexity index is 1190. The molecule has 0 fully saturated rings. The minimum absolute atomic E-state index is 0.0231. The van der Waals surface area contributed by atoms with Crippen molar-refractivity contribution in [2.24, 2.45) is 5.73 Å². The molecule has 1 aromatic heterocycles. The Labute approximate surface area is 176 Å². The van der Waals surface area contributed by atoms with Gasteiger partial charge in [-0.1, -0.05) is 12.1 Å². The van der Waals surface area contributed by atoms with E-state index in [9.17, 15) is 22.8 Å². The molecule has 2 amide bonds. The number of hydrogen-bond acceptors (Lipinski definition) is 3. The summed E-state index contributed by atoms with van der Waals surface area (Å²) in [5.74, 6) is -3.22. The van der Waals surface area contributed by atoms with Gasteiger partial charge in [0.2, 0.25) is 5.91 Å². The number of likely N-dealkylation sites (N-methyl/N-ethyl adjacent to an activating group) is 1. The Morgan fingerprint density at radius 3 is 2.68 bits per heavy atom. The SMILES string of the molecule is CN1C(=O)C(c2nn(C(N)=O)cc2Cc2cccc(F)c2)CCc2cc(F)cc(F)c21. The second-order valence-corrected chi connectivity index (χ2v) is 7.51. The highest BCUT2D eigenvalue weighted by Gasteiger charge is 2.34. The van der Waals surface area contributed by atoms with Crippen molar-refractivity contribution >= 4 is 17.6 Å². The lowest BCUT2D eigenvalue weighted by Crippen LogP contribution is -2.32. The molecule has 2 heterocycles. The molecule has 2 aromatic carbocycles. The molecule has 31 heavy (non-hydrogen) atoms. The van der Waals surface area contributed by atoms with E-state index < -0.39 is 35.3 Å². The van der Waals surface area contributed by atoms with Gasteiger partial charge in [-0.05, 0) is 47.7 Å². The van der Waals surface area contributed by atoms with E-state index in [1.807, 2.05) is 0 Å². The van der Waals surface area contributed by atoms with Crippen molar-refractivity contribution in [3.63, 3.8) is 0 Å². The molecule has 3 aromatic rings. The van der Waals surface area contributed by atoms with Crippen molar-refractivity contribution in [1.29, 1.82) is 0 Å². The van der Waals surface area contributed by atoms with Gasteiger partial charge in [0.1, 0.15) is 17.5 Å². The smallest absolute Gasteiger partial charge is 0.339 e. The van der Waals surface area contributed by atoms with E-state index in [0.29, 0.717) is 22.4 Å². The van der Waals surface area contributed by atoms with Crippen molar-refractivity contribution < 1.29 is 22.8 Å². The number of aromatic nitrogens is 2. The van der Waals surface area contributed by atoms with Crippen LogP contribution in [0.1, 0.15) is 34.7 Å². The molecule has 9 heteroatoms. The zero-order chi connectivity index (χ0) is 22.3. The van der Waals surface area contributed by atoms with E-state index in [2.05, 4.69) is 5.10 Å². The quantitative estimate of drug-likeness (QED) is 0.693. The summed E-state index contributed by atoms with van der Waals surface area (Å²) in [6.45, 7) is 0. The molecule has 0 spiro atoms. The molecule has 1 unspecified atom stereocenters. The summed E-state index contributed by atoms with van der Waals surface area (Å²) >= 11 is 0. The summed E-state index contributed by atoms with van der Waals surface area (Å²) in [4.78, 5) is 26.1. The number of fused-ring (bicyclic) bond motifs is 1. The normalized spacial score (nSPS) is 16.2. The number of amides is 2. The summed E-state index contributed by atoms with van der Waals surface area (Å²) in [7, 11) is 1.41. The monoisotopic (exact) mass is 428 g/mol. The number of primary amides is 1. The lowest BCUT2D eigenvalue weighted by molar-refractivity contribution is -0.119. The van der Waals surface area contributed by atoms with Crippen molar-refractivity contribution in [2.45, 2.75) is 25.2 Å². The number of carbonyl (C=O) groups excluding carboxylic acids is 2. The number of halogens is 3. The second-order valence-electron chi connectivity index (χ2n) is 7.51. The second kappa shape index (κ2) is 7.90. The molecule has 0 radical (unpaired) electrons. The number of aryl methyl sites for hydroxylation is 1. The molecule has 160 valence electrons. The first-order chi connectivity index (χ1) is 14.7. The lowest BCUT2D eigenvalue weighted by atomic mass is 9.92. The fraction of sp³-hybridized carbons (Fsp3) is 0.227. The van der Waals surface area contributed by atoms with Gasteiger partial charge in [0.15, 0.2) is 0 Å². The topological polar surface area (TPSA) is 81.2 Å². The summed E-state index contributed by atoms with van der Waals surface area (Å²) in [5, 5.41) is 4.21. The Kier molecular flexibility index (Phi) is 5.26. The van der Waals surface area contributed by atoms with Gasteiger partial charge in [-0.3, -0.25) is 4.79 Å². The van der Waals surface area contributed by atoms with Crippen LogP contribution in [0.25, 0.3) is 0 Å². The van der Waals surface area contributed by atoms with Gasteiger partial charge in [-0.2, -0.15) is 9.78 Å². The largest absolute Gasteiger partial charge is 0.350 e. The predicted octanol–water partition coefficient (Wildman–Crippen LogP) is 3.51. The average molecular weight is 428 g/mol. The van der Waals surface area contributed by atoms with Gasteiger partial charge in [0.05, 0.1) is 17.3 Å². The highest BCUT2D eigenvalue weighted by atomic mass is 19.1. The standard InChI is InChI=1S/C22H19F3N4O2/c1-28-20-13(9-16(24)10-18(20)25)5-6-17(21(28)30)19-14(11-29(27-19)22(26)31)7-12-3-2-4-15(23)8-12/h2-4,8-11,17H,5-7H2,1H3,(H2,26,31). The van der Waals surface area contributed by atoms with Crippen molar-refractivity contribution in [3.8, 4) is 0 Å². The maximum Gasteiger partial charge on any atom is 0.339 e. The van der Waals surface area contributed by atoms with Crippen LogP contribution < -0.4 is 10.6 Å². The Morgan fingerprint density at radius 2 is 1.97 bits per heavy atom. The van der Waals surface area contributed by atoms with E-state index in [0.717, 1.165) is 15.6 Å². The Balaban J connectivity index is 1.76. The van der Waals surface area contributed by atoms with E-state index in [1.165, 1.54) is 31.4 Å². The summed E-state index contributed by atoms with van der Waals surface area (Å²) < 4.78 is 42.7. The van der Waals surface area contributed by atoms with Crippen LogP contribution >= 0.6 is 0 Å². The number of nitrogens with two attached hydrogens (primary N) is 1. The van der Waals surface area contributed by atoms with Crippen LogP contribution in [0, 0.1) is 17.5 Å². The van der Waals surface area contributed by atoms with Crippen molar-refractivity contribution in [3.05, 3.63) is 82.4 Å². The molecule has 1 aliphatic rings. The van der Waals surface area contributed by atoms with Crippen LogP contribution in [0.3, 0.4) is 0 Å². The van der Waals surface area contributed by atoms with Gasteiger partial charge in [-0.25, -0.2) is 18.0 Å². The van der Waals surface area contributed by atoms with E-state index in [-0.39, 0.29) is 24.9 Å². The maximum atomic E-state index is 14.4. The average Bonchev–Trinajstić information content (AvgIpc) is 3.06. The third kappa shape index (κ3) is 3.90. The minimum Gasteiger partial charge on any atom is -0.350 e. The zero-order valence-electron chi connectivity index (χ0n) is 16.6. The van der Waals surface area contributed by atoms with Gasteiger partial charge < -0.3 is 10.6 Å². The number of anilines is 1. The maximum absolute atomic E-state index is 14.4. The van der Waals surface area contributed by atoms with Crippen LogP contribution in [-0.2, 0) is 17.6 Å². The molecule has 6 nitrogen and oxygen atoms in total. The molecular formula is C22H19F3N4O2. The fourth-order valence-corrected chi connectivity index (χ4v) is 4.04. The van der Waals surface area contributed by atoms with Crippen LogP contribution in [0.4, 0.5) is 23.7 Å². The molecular weight excluding hydrogens is 409 g/mol. The molecule has 0 saturated heterocycles. The van der Waals surface area contributed by atoms with E-state index in [1.54, 1.807) is 12.1 Å². The summed E-state index contributed by atoms with van der Waals surface area (Å²) in [6.07, 6.45) is 2.08. The number of nitrogens with zero attached hydrogens (tertiary/aromatic N) is 3. The number of hydrogen-bond donors (Lipinski definition) is 1. The Morgan fingerprint density at radius 1 is 1.19 bits per heavy atom. The van der Waals surface area contributed by atoms with Gasteiger partial charge in [0.25, 0.3) is 0 Å². The molecule has 4 rings (SSSR count). The van der Waals surface area contributed by atoms with Gasteiger partial charge in [0, 0.05) is 25.7 Å².